The van der Waals surface area contributed by atoms with Crippen LogP contribution in [-0.2, 0) is 16.1 Å². The van der Waals surface area contributed by atoms with Crippen LogP contribution in [0.25, 0.3) is 0 Å². The molecule has 0 aliphatic carbocycles. The molecule has 0 bridgehead atoms. The number of carbonyl (C=O) groups is 1. The summed E-state index contributed by atoms with van der Waals surface area (Å²) in [7, 11) is 5.36. The third kappa shape index (κ3) is 6.17. The van der Waals surface area contributed by atoms with Crippen LogP contribution in [-0.4, -0.2) is 56.7 Å². The summed E-state index contributed by atoms with van der Waals surface area (Å²) in [5.41, 5.74) is 1.12. The number of nitrogens with one attached hydrogen (secondary N) is 2. The van der Waals surface area contributed by atoms with Gasteiger partial charge >= 0.3 is 0 Å². The zero-order valence-electron chi connectivity index (χ0n) is 11.8. The minimum Gasteiger partial charge on any atom is -0.383 e. The Morgan fingerprint density at radius 1 is 1.53 bits per heavy atom. The zero-order valence-corrected chi connectivity index (χ0v) is 11.8. The molecule has 1 aromatic rings. The van der Waals surface area contributed by atoms with Crippen LogP contribution in [0.5, 0.6) is 0 Å². The van der Waals surface area contributed by atoms with Crippen molar-refractivity contribution >= 4 is 11.7 Å². The third-order valence-corrected chi connectivity index (χ3v) is 2.57. The van der Waals surface area contributed by atoms with Crippen LogP contribution in [0.3, 0.4) is 0 Å². The van der Waals surface area contributed by atoms with Gasteiger partial charge in [0.1, 0.15) is 5.82 Å². The highest BCUT2D eigenvalue weighted by Crippen LogP contribution is 2.07. The van der Waals surface area contributed by atoms with E-state index in [1.54, 1.807) is 13.3 Å². The smallest absolute Gasteiger partial charge is 0.234 e. The second-order valence-corrected chi connectivity index (χ2v) is 4.31. The van der Waals surface area contributed by atoms with Gasteiger partial charge in [-0.2, -0.15) is 0 Å². The van der Waals surface area contributed by atoms with Gasteiger partial charge in [0, 0.05) is 33.4 Å². The van der Waals surface area contributed by atoms with Gasteiger partial charge in [0.2, 0.25) is 5.91 Å². The number of aromatic nitrogens is 1. The van der Waals surface area contributed by atoms with Crippen LogP contribution >= 0.6 is 0 Å². The minimum atomic E-state index is 0.00226. The van der Waals surface area contributed by atoms with Gasteiger partial charge in [-0.15, -0.1) is 0 Å². The predicted molar refractivity (Wildman–Crippen MR) is 75.0 cm³/mol. The van der Waals surface area contributed by atoms with Crippen LogP contribution in [0, 0.1) is 0 Å². The molecule has 6 heteroatoms. The van der Waals surface area contributed by atoms with E-state index in [2.05, 4.69) is 15.6 Å². The number of hydrogen-bond acceptors (Lipinski definition) is 5. The molecule has 6 nitrogen and oxygen atoms in total. The maximum atomic E-state index is 11.6. The highest BCUT2D eigenvalue weighted by molar-refractivity contribution is 5.77. The lowest BCUT2D eigenvalue weighted by Gasteiger charge is -2.16. The number of hydrogen-bond donors (Lipinski definition) is 2. The van der Waals surface area contributed by atoms with Crippen molar-refractivity contribution in [2.45, 2.75) is 6.54 Å². The summed E-state index contributed by atoms with van der Waals surface area (Å²) >= 11 is 0. The van der Waals surface area contributed by atoms with E-state index >= 15 is 0 Å². The number of methoxy groups -OCH3 is 1. The molecule has 2 N–H and O–H groups in total. The van der Waals surface area contributed by atoms with E-state index in [9.17, 15) is 4.79 Å². The predicted octanol–water partition coefficient (Wildman–Crippen LogP) is 0.318. The van der Waals surface area contributed by atoms with Gasteiger partial charge in [-0.1, -0.05) is 0 Å². The van der Waals surface area contributed by atoms with Gasteiger partial charge < -0.3 is 15.4 Å². The maximum absolute atomic E-state index is 11.6. The molecule has 106 valence electrons. The molecular weight excluding hydrogens is 244 g/mol. The molecule has 1 rings (SSSR count). The van der Waals surface area contributed by atoms with E-state index < -0.39 is 0 Å². The van der Waals surface area contributed by atoms with Gasteiger partial charge in [0.15, 0.2) is 0 Å². The molecule has 0 atom stereocenters. The monoisotopic (exact) mass is 266 g/mol. The van der Waals surface area contributed by atoms with E-state index in [0.29, 0.717) is 26.2 Å². The first kappa shape index (κ1) is 15.4. The second kappa shape index (κ2) is 8.44. The summed E-state index contributed by atoms with van der Waals surface area (Å²) in [6.07, 6.45) is 1.76. The normalized spacial score (nSPS) is 10.5. The molecular formula is C13H22N4O2. The quantitative estimate of drug-likeness (QED) is 0.663. The van der Waals surface area contributed by atoms with Crippen molar-refractivity contribution in [2.75, 3.05) is 46.2 Å². The lowest BCUT2D eigenvalue weighted by Crippen LogP contribution is -2.36. The lowest BCUT2D eigenvalue weighted by molar-refractivity contribution is -0.122. The van der Waals surface area contributed by atoms with Crippen LogP contribution < -0.4 is 10.6 Å². The fraction of sp³-hybridized carbons (Fsp3) is 0.538. The van der Waals surface area contributed by atoms with Crippen molar-refractivity contribution < 1.29 is 9.53 Å². The Morgan fingerprint density at radius 2 is 2.32 bits per heavy atom. The van der Waals surface area contributed by atoms with Gasteiger partial charge in [0.05, 0.1) is 13.2 Å². The van der Waals surface area contributed by atoms with E-state index in [1.807, 2.05) is 31.1 Å². The number of likely N-dealkylation sites (N-methyl/N-ethyl adjacent to an activating group) is 1. The van der Waals surface area contributed by atoms with E-state index in [0.717, 1.165) is 11.4 Å². The van der Waals surface area contributed by atoms with Crippen molar-refractivity contribution in [1.29, 1.82) is 0 Å². The van der Waals surface area contributed by atoms with Gasteiger partial charge in [-0.3, -0.25) is 9.69 Å². The number of carbonyl (C=O) groups excluding carboxylic acids is 1. The minimum absolute atomic E-state index is 0.00226. The number of anilines is 1. The summed E-state index contributed by atoms with van der Waals surface area (Å²) in [6.45, 7) is 2.14. The number of amides is 1. The van der Waals surface area contributed by atoms with Crippen molar-refractivity contribution in [3.05, 3.63) is 23.9 Å². The first-order valence-corrected chi connectivity index (χ1v) is 6.22. The highest BCUT2D eigenvalue weighted by atomic mass is 16.5. The van der Waals surface area contributed by atoms with Crippen LogP contribution in [0.4, 0.5) is 5.82 Å². The molecule has 0 aliphatic heterocycles. The summed E-state index contributed by atoms with van der Waals surface area (Å²) in [5.74, 6) is 0.831. The Morgan fingerprint density at radius 3 is 3.00 bits per heavy atom. The number of pyridine rings is 1. The zero-order chi connectivity index (χ0) is 14.1. The fourth-order valence-electron chi connectivity index (χ4n) is 1.67. The molecule has 0 fully saturated rings. The Hall–Kier alpha value is -1.66. The van der Waals surface area contributed by atoms with Crippen molar-refractivity contribution in [3.63, 3.8) is 0 Å². The Balaban J connectivity index is 2.37. The molecule has 0 unspecified atom stereocenters. The lowest BCUT2D eigenvalue weighted by atomic mass is 10.2. The molecule has 1 aromatic heterocycles. The summed E-state index contributed by atoms with van der Waals surface area (Å²) in [5, 5.41) is 5.79. The average molecular weight is 266 g/mol. The van der Waals surface area contributed by atoms with Crippen LogP contribution in [0.2, 0.25) is 0 Å². The van der Waals surface area contributed by atoms with Gasteiger partial charge in [0.25, 0.3) is 0 Å². The van der Waals surface area contributed by atoms with Gasteiger partial charge in [-0.05, 0) is 24.7 Å². The fourth-order valence-corrected chi connectivity index (χ4v) is 1.67. The van der Waals surface area contributed by atoms with Gasteiger partial charge in [-0.25, -0.2) is 4.98 Å². The van der Waals surface area contributed by atoms with E-state index in [1.165, 1.54) is 0 Å². The molecule has 1 amide bonds. The van der Waals surface area contributed by atoms with Crippen molar-refractivity contribution in [2.24, 2.45) is 0 Å². The molecule has 0 spiro atoms. The molecule has 1 heterocycles. The molecule has 0 saturated carbocycles. The third-order valence-electron chi connectivity index (χ3n) is 2.57. The summed E-state index contributed by atoms with van der Waals surface area (Å²) in [4.78, 5) is 17.7. The Labute approximate surface area is 114 Å². The summed E-state index contributed by atoms with van der Waals surface area (Å²) in [6, 6.07) is 3.92. The highest BCUT2D eigenvalue weighted by Gasteiger charge is 2.07. The largest absolute Gasteiger partial charge is 0.383 e. The molecule has 0 aromatic carbocycles. The van der Waals surface area contributed by atoms with E-state index in [-0.39, 0.29) is 5.91 Å². The molecule has 0 radical (unpaired) electrons. The first-order valence-electron chi connectivity index (χ1n) is 6.22. The van der Waals surface area contributed by atoms with Crippen molar-refractivity contribution in [3.8, 4) is 0 Å². The first-order chi connectivity index (χ1) is 9.15. The standard InChI is InChI=1S/C13H22N4O2/c1-14-12-8-11(4-5-15-12)9-17(2)10-13(18)16-6-7-19-3/h4-5,8H,6-7,9-10H2,1-3H3,(H,14,15)(H,16,18). The number of rotatable bonds is 8. The SMILES string of the molecule is CNc1cc(CN(C)CC(=O)NCCOC)ccn1. The Bertz CT molecular complexity index is 398. The van der Waals surface area contributed by atoms with E-state index in [4.69, 9.17) is 4.74 Å². The topological polar surface area (TPSA) is 66.5 Å². The Kier molecular flexibility index (Phi) is 6.84. The number of ether oxygens (including phenoxy) is 1. The maximum Gasteiger partial charge on any atom is 0.234 e. The molecule has 0 aliphatic rings. The second-order valence-electron chi connectivity index (χ2n) is 4.31. The molecule has 19 heavy (non-hydrogen) atoms. The van der Waals surface area contributed by atoms with Crippen LogP contribution in [0.1, 0.15) is 5.56 Å². The molecule has 0 saturated heterocycles. The summed E-state index contributed by atoms with van der Waals surface area (Å²) < 4.78 is 4.88. The number of nitrogens with zero attached hydrogens (tertiary/aromatic N) is 2. The van der Waals surface area contributed by atoms with Crippen molar-refractivity contribution in [1.82, 2.24) is 15.2 Å². The van der Waals surface area contributed by atoms with Crippen LogP contribution in [0.15, 0.2) is 18.3 Å². The average Bonchev–Trinajstić information content (AvgIpc) is 2.39.